The molecule has 52 valence electrons. The highest BCUT2D eigenvalue weighted by Crippen LogP contribution is 2.08. The van der Waals surface area contributed by atoms with Crippen molar-refractivity contribution in [2.24, 2.45) is 0 Å². The molecule has 0 spiro atoms. The molecular formula is C6H11NOS. The highest BCUT2D eigenvalue weighted by atomic mass is 32.1. The van der Waals surface area contributed by atoms with Gasteiger partial charge in [0.05, 0.1) is 6.04 Å². The van der Waals surface area contributed by atoms with Crippen LogP contribution in [0.1, 0.15) is 19.3 Å². The van der Waals surface area contributed by atoms with Crippen LogP contribution in [0.2, 0.25) is 0 Å². The molecule has 0 aromatic heterocycles. The van der Waals surface area contributed by atoms with Crippen LogP contribution in [-0.4, -0.2) is 17.7 Å². The summed E-state index contributed by atoms with van der Waals surface area (Å²) in [5.74, 6) is 0. The Bertz CT molecular complexity index is 110. The maximum atomic E-state index is 10.6. The molecule has 9 heavy (non-hydrogen) atoms. The second-order valence-electron chi connectivity index (χ2n) is 2.34. The molecule has 3 heteroatoms. The molecule has 1 fully saturated rings. The van der Waals surface area contributed by atoms with Gasteiger partial charge in [-0.1, -0.05) is 6.42 Å². The molecule has 1 aliphatic rings. The first kappa shape index (κ1) is 7.09. The quantitative estimate of drug-likeness (QED) is 0.529. The van der Waals surface area contributed by atoms with Crippen molar-refractivity contribution in [2.45, 2.75) is 25.3 Å². The zero-order chi connectivity index (χ0) is 6.69. The number of hydrogen-bond donors (Lipinski definition) is 2. The summed E-state index contributed by atoms with van der Waals surface area (Å²) in [7, 11) is 0. The van der Waals surface area contributed by atoms with Gasteiger partial charge < -0.3 is 5.32 Å². The number of piperidine rings is 1. The summed E-state index contributed by atoms with van der Waals surface area (Å²) in [4.78, 5) is 10.6. The lowest BCUT2D eigenvalue weighted by Gasteiger charge is -2.19. The zero-order valence-electron chi connectivity index (χ0n) is 5.26. The van der Waals surface area contributed by atoms with Gasteiger partial charge in [-0.15, -0.1) is 12.6 Å². The first-order chi connectivity index (χ1) is 4.30. The van der Waals surface area contributed by atoms with Crippen molar-refractivity contribution < 1.29 is 4.79 Å². The molecule has 1 N–H and O–H groups in total. The number of hydrogen-bond acceptors (Lipinski definition) is 2. The minimum Gasteiger partial charge on any atom is -0.307 e. The van der Waals surface area contributed by atoms with Crippen LogP contribution >= 0.6 is 12.6 Å². The number of thiol groups is 1. The van der Waals surface area contributed by atoms with E-state index in [1.807, 2.05) is 0 Å². The Morgan fingerprint density at radius 2 is 2.33 bits per heavy atom. The van der Waals surface area contributed by atoms with E-state index in [2.05, 4.69) is 17.9 Å². The Hall–Kier alpha value is -0.0200. The monoisotopic (exact) mass is 145 g/mol. The van der Waals surface area contributed by atoms with Crippen molar-refractivity contribution in [2.75, 3.05) is 6.54 Å². The molecule has 2 nitrogen and oxygen atoms in total. The molecule has 1 aliphatic heterocycles. The van der Waals surface area contributed by atoms with Gasteiger partial charge in [0.2, 0.25) is 5.12 Å². The van der Waals surface area contributed by atoms with Crippen LogP contribution in [-0.2, 0) is 4.79 Å². The van der Waals surface area contributed by atoms with Crippen LogP contribution in [0.25, 0.3) is 0 Å². The Balaban J connectivity index is 2.31. The van der Waals surface area contributed by atoms with Crippen molar-refractivity contribution in [3.05, 3.63) is 0 Å². The average molecular weight is 145 g/mol. The third-order valence-corrected chi connectivity index (χ3v) is 1.92. The average Bonchev–Trinajstić information content (AvgIpc) is 1.90. The van der Waals surface area contributed by atoms with Crippen LogP contribution in [0.15, 0.2) is 0 Å². The minimum absolute atomic E-state index is 0.0188. The van der Waals surface area contributed by atoms with E-state index in [-0.39, 0.29) is 11.2 Å². The van der Waals surface area contributed by atoms with Crippen LogP contribution in [0.3, 0.4) is 0 Å². The van der Waals surface area contributed by atoms with Gasteiger partial charge >= 0.3 is 0 Å². The first-order valence-electron chi connectivity index (χ1n) is 3.27. The maximum Gasteiger partial charge on any atom is 0.202 e. The van der Waals surface area contributed by atoms with Gasteiger partial charge in [-0.3, -0.25) is 4.79 Å². The fourth-order valence-electron chi connectivity index (χ4n) is 1.06. The highest BCUT2D eigenvalue weighted by Gasteiger charge is 2.16. The van der Waals surface area contributed by atoms with Gasteiger partial charge in [0, 0.05) is 0 Å². The normalized spacial score (nSPS) is 27.9. The van der Waals surface area contributed by atoms with E-state index in [0.717, 1.165) is 19.4 Å². The molecule has 0 radical (unpaired) electrons. The maximum absolute atomic E-state index is 10.6. The molecule has 1 atom stereocenters. The molecule has 0 saturated carbocycles. The third-order valence-electron chi connectivity index (χ3n) is 1.61. The van der Waals surface area contributed by atoms with E-state index in [9.17, 15) is 4.79 Å². The van der Waals surface area contributed by atoms with E-state index < -0.39 is 0 Å². The lowest BCUT2D eigenvalue weighted by Crippen LogP contribution is -2.38. The van der Waals surface area contributed by atoms with E-state index in [1.54, 1.807) is 0 Å². The first-order valence-corrected chi connectivity index (χ1v) is 3.71. The molecule has 0 aromatic rings. The molecule has 1 heterocycles. The van der Waals surface area contributed by atoms with E-state index >= 15 is 0 Å². The molecule has 0 bridgehead atoms. The van der Waals surface area contributed by atoms with E-state index in [4.69, 9.17) is 0 Å². The topological polar surface area (TPSA) is 29.1 Å². The van der Waals surface area contributed by atoms with Crippen LogP contribution in [0.5, 0.6) is 0 Å². The van der Waals surface area contributed by atoms with Gasteiger partial charge in [0.25, 0.3) is 0 Å². The summed E-state index contributed by atoms with van der Waals surface area (Å²) in [6, 6.07) is 0.0297. The Kier molecular flexibility index (Phi) is 2.54. The fourth-order valence-corrected chi connectivity index (χ4v) is 1.28. The van der Waals surface area contributed by atoms with Gasteiger partial charge in [0.15, 0.2) is 0 Å². The number of rotatable bonds is 1. The molecular weight excluding hydrogens is 134 g/mol. The molecule has 0 unspecified atom stereocenters. The Labute approximate surface area is 60.4 Å². The zero-order valence-corrected chi connectivity index (χ0v) is 6.16. The second kappa shape index (κ2) is 3.22. The predicted molar refractivity (Wildman–Crippen MR) is 39.6 cm³/mol. The van der Waals surface area contributed by atoms with Crippen molar-refractivity contribution in [3.63, 3.8) is 0 Å². The minimum atomic E-state index is -0.0188. The number of carbonyl (C=O) groups excluding carboxylic acids is 1. The smallest absolute Gasteiger partial charge is 0.202 e. The predicted octanol–water partition coefficient (Wildman–Crippen LogP) is 0.585. The summed E-state index contributed by atoms with van der Waals surface area (Å²) >= 11 is 3.74. The number of nitrogens with one attached hydrogen (secondary N) is 1. The SMILES string of the molecule is O=C(S)[C@@H]1CCCCN1. The second-order valence-corrected chi connectivity index (χ2v) is 2.78. The summed E-state index contributed by atoms with van der Waals surface area (Å²) in [5, 5.41) is 3.07. The van der Waals surface area contributed by atoms with Crippen LogP contribution in [0, 0.1) is 0 Å². The summed E-state index contributed by atoms with van der Waals surface area (Å²) in [5.41, 5.74) is 0. The van der Waals surface area contributed by atoms with Gasteiger partial charge in [-0.2, -0.15) is 0 Å². The van der Waals surface area contributed by atoms with Crippen LogP contribution in [0.4, 0.5) is 0 Å². The third kappa shape index (κ3) is 1.99. The lowest BCUT2D eigenvalue weighted by molar-refractivity contribution is -0.113. The van der Waals surface area contributed by atoms with Crippen molar-refractivity contribution in [1.82, 2.24) is 5.32 Å². The van der Waals surface area contributed by atoms with Crippen molar-refractivity contribution in [1.29, 1.82) is 0 Å². The molecule has 0 aromatic carbocycles. The molecule has 0 amide bonds. The molecule has 1 rings (SSSR count). The van der Waals surface area contributed by atoms with E-state index in [1.165, 1.54) is 6.42 Å². The van der Waals surface area contributed by atoms with Crippen LogP contribution < -0.4 is 5.32 Å². The fraction of sp³-hybridized carbons (Fsp3) is 0.833. The van der Waals surface area contributed by atoms with Crippen molar-refractivity contribution >= 4 is 17.7 Å². The van der Waals surface area contributed by atoms with E-state index in [0.29, 0.717) is 0 Å². The highest BCUT2D eigenvalue weighted by molar-refractivity contribution is 7.96. The molecule has 0 aliphatic carbocycles. The Morgan fingerprint density at radius 1 is 1.56 bits per heavy atom. The standard InChI is InChI=1S/C6H11NOS/c8-6(9)5-3-1-2-4-7-5/h5,7H,1-4H2,(H,8,9)/t5-/m0/s1. The van der Waals surface area contributed by atoms with Crippen molar-refractivity contribution in [3.8, 4) is 0 Å². The lowest BCUT2D eigenvalue weighted by atomic mass is 10.1. The summed E-state index contributed by atoms with van der Waals surface area (Å²) in [6.45, 7) is 0.969. The number of carbonyl (C=O) groups is 1. The van der Waals surface area contributed by atoms with Gasteiger partial charge in [-0.05, 0) is 19.4 Å². The summed E-state index contributed by atoms with van der Waals surface area (Å²) in [6.07, 6.45) is 3.31. The Morgan fingerprint density at radius 3 is 2.67 bits per heavy atom. The molecule has 1 saturated heterocycles. The largest absolute Gasteiger partial charge is 0.307 e. The van der Waals surface area contributed by atoms with Gasteiger partial charge in [0.1, 0.15) is 0 Å². The van der Waals surface area contributed by atoms with Gasteiger partial charge in [-0.25, -0.2) is 0 Å². The summed E-state index contributed by atoms with van der Waals surface area (Å²) < 4.78 is 0.